The zero-order chi connectivity index (χ0) is 14.6. The van der Waals surface area contributed by atoms with E-state index in [1.807, 2.05) is 18.7 Å². The number of aryl methyl sites for hydroxylation is 1. The highest BCUT2D eigenvalue weighted by Gasteiger charge is 2.22. The van der Waals surface area contributed by atoms with Crippen molar-refractivity contribution in [3.63, 3.8) is 0 Å². The Hall–Kier alpha value is -1.80. The summed E-state index contributed by atoms with van der Waals surface area (Å²) in [6, 6.07) is 0. The van der Waals surface area contributed by atoms with E-state index in [0.29, 0.717) is 24.3 Å². The van der Waals surface area contributed by atoms with Gasteiger partial charge in [-0.3, -0.25) is 9.48 Å². The van der Waals surface area contributed by atoms with Crippen molar-refractivity contribution in [1.82, 2.24) is 19.6 Å². The molecule has 0 atom stereocenters. The molecule has 104 valence electrons. The third-order valence-corrected chi connectivity index (χ3v) is 3.07. The molecule has 0 N–H and O–H groups in total. The van der Waals surface area contributed by atoms with Crippen LogP contribution in [-0.4, -0.2) is 53.2 Å². The minimum atomic E-state index is -0.152. The lowest BCUT2D eigenvalue weighted by atomic mass is 10.1. The highest BCUT2D eigenvalue weighted by molar-refractivity contribution is 5.94. The van der Waals surface area contributed by atoms with Crippen molar-refractivity contribution in [2.75, 3.05) is 27.7 Å². The molecule has 0 radical (unpaired) electrons. The van der Waals surface area contributed by atoms with Crippen LogP contribution in [0.1, 0.15) is 35.6 Å². The fraction of sp³-hybridized carbons (Fsp3) is 0.571. The number of amides is 1. The molecular weight excluding hydrogens is 240 g/mol. The minimum Gasteiger partial charge on any atom is -0.343 e. The van der Waals surface area contributed by atoms with Crippen LogP contribution in [0.25, 0.3) is 0 Å². The summed E-state index contributed by atoms with van der Waals surface area (Å²) in [5, 5.41) is 4.36. The lowest BCUT2D eigenvalue weighted by Gasteiger charge is -2.15. The van der Waals surface area contributed by atoms with Crippen molar-refractivity contribution >= 4 is 5.91 Å². The van der Waals surface area contributed by atoms with Crippen molar-refractivity contribution in [3.8, 4) is 12.3 Å². The molecule has 0 aliphatic heterocycles. The van der Waals surface area contributed by atoms with Crippen LogP contribution in [0.3, 0.4) is 0 Å². The maximum atomic E-state index is 12.1. The highest BCUT2D eigenvalue weighted by atomic mass is 16.2. The lowest BCUT2D eigenvalue weighted by molar-refractivity contribution is 0.0821. The lowest BCUT2D eigenvalue weighted by Crippen LogP contribution is -2.23. The summed E-state index contributed by atoms with van der Waals surface area (Å²) in [6.45, 7) is 6.37. The van der Waals surface area contributed by atoms with E-state index in [0.717, 1.165) is 12.2 Å². The van der Waals surface area contributed by atoms with E-state index in [-0.39, 0.29) is 5.91 Å². The van der Waals surface area contributed by atoms with Crippen molar-refractivity contribution in [2.45, 2.75) is 26.9 Å². The smallest absolute Gasteiger partial charge is 0.275 e. The van der Waals surface area contributed by atoms with E-state index < -0.39 is 0 Å². The summed E-state index contributed by atoms with van der Waals surface area (Å²) in [5.41, 5.74) is 1.91. The number of rotatable bonds is 5. The van der Waals surface area contributed by atoms with Crippen molar-refractivity contribution in [3.05, 3.63) is 17.0 Å². The molecule has 1 heterocycles. The molecule has 0 spiro atoms. The Labute approximate surface area is 115 Å². The molecule has 0 fully saturated rings. The van der Waals surface area contributed by atoms with E-state index in [1.54, 1.807) is 14.1 Å². The molecule has 5 heteroatoms. The van der Waals surface area contributed by atoms with Crippen LogP contribution in [0.4, 0.5) is 0 Å². The second kappa shape index (κ2) is 6.39. The van der Waals surface area contributed by atoms with Gasteiger partial charge in [-0.05, 0) is 20.5 Å². The van der Waals surface area contributed by atoms with Crippen LogP contribution < -0.4 is 0 Å². The number of carbonyl (C=O) groups excluding carboxylic acids is 1. The van der Waals surface area contributed by atoms with Gasteiger partial charge < -0.3 is 9.80 Å². The summed E-state index contributed by atoms with van der Waals surface area (Å²) < 4.78 is 1.82. The molecule has 0 bridgehead atoms. The van der Waals surface area contributed by atoms with Gasteiger partial charge in [0.15, 0.2) is 5.69 Å². The molecule has 5 nitrogen and oxygen atoms in total. The second-order valence-corrected chi connectivity index (χ2v) is 4.66. The van der Waals surface area contributed by atoms with Crippen molar-refractivity contribution < 1.29 is 4.79 Å². The molecule has 19 heavy (non-hydrogen) atoms. The molecule has 1 amide bonds. The Morgan fingerprint density at radius 3 is 2.42 bits per heavy atom. The molecule has 0 saturated heterocycles. The van der Waals surface area contributed by atoms with Gasteiger partial charge in [-0.2, -0.15) is 5.10 Å². The number of hydrogen-bond acceptors (Lipinski definition) is 3. The van der Waals surface area contributed by atoms with E-state index in [1.165, 1.54) is 4.90 Å². The maximum absolute atomic E-state index is 12.1. The quantitative estimate of drug-likeness (QED) is 0.745. The van der Waals surface area contributed by atoms with Gasteiger partial charge in [0.25, 0.3) is 5.91 Å². The van der Waals surface area contributed by atoms with Gasteiger partial charge in [0.1, 0.15) is 0 Å². The number of terminal acetylenes is 1. The first kappa shape index (κ1) is 15.3. The zero-order valence-electron chi connectivity index (χ0n) is 12.4. The van der Waals surface area contributed by atoms with Crippen LogP contribution in [0.15, 0.2) is 0 Å². The molecule has 0 saturated carbocycles. The minimum absolute atomic E-state index is 0.152. The second-order valence-electron chi connectivity index (χ2n) is 4.66. The van der Waals surface area contributed by atoms with Crippen LogP contribution in [-0.2, 0) is 13.1 Å². The van der Waals surface area contributed by atoms with Crippen LogP contribution in [0, 0.1) is 12.3 Å². The Bertz CT molecular complexity index is 496. The first-order valence-electron chi connectivity index (χ1n) is 6.42. The Morgan fingerprint density at radius 1 is 1.37 bits per heavy atom. The first-order chi connectivity index (χ1) is 8.96. The summed E-state index contributed by atoms with van der Waals surface area (Å²) in [7, 11) is 5.41. The third-order valence-electron chi connectivity index (χ3n) is 3.07. The molecule has 1 aromatic heterocycles. The maximum Gasteiger partial charge on any atom is 0.275 e. The van der Waals surface area contributed by atoms with Crippen molar-refractivity contribution in [2.24, 2.45) is 0 Å². The van der Waals surface area contributed by atoms with Gasteiger partial charge in [0.05, 0.1) is 11.3 Å². The summed E-state index contributed by atoms with van der Waals surface area (Å²) in [6.07, 6.45) is 5.58. The average Bonchev–Trinajstić information content (AvgIpc) is 2.74. The van der Waals surface area contributed by atoms with Crippen LogP contribution >= 0.6 is 0 Å². The van der Waals surface area contributed by atoms with E-state index in [2.05, 4.69) is 22.8 Å². The van der Waals surface area contributed by atoms with Gasteiger partial charge in [-0.1, -0.05) is 12.8 Å². The van der Waals surface area contributed by atoms with Gasteiger partial charge in [-0.25, -0.2) is 0 Å². The summed E-state index contributed by atoms with van der Waals surface area (Å²) in [4.78, 5) is 15.7. The summed E-state index contributed by atoms with van der Waals surface area (Å²) in [5.74, 6) is 2.47. The normalized spacial score (nSPS) is 10.6. The molecule has 0 unspecified atom stereocenters. The third kappa shape index (κ3) is 3.15. The van der Waals surface area contributed by atoms with Crippen molar-refractivity contribution in [1.29, 1.82) is 0 Å². The predicted octanol–water partition coefficient (Wildman–Crippen LogP) is 1.04. The van der Waals surface area contributed by atoms with Gasteiger partial charge in [0.2, 0.25) is 0 Å². The molecule has 0 aliphatic carbocycles. The Balaban J connectivity index is 3.30. The standard InChI is InChI=1S/C14H22N4O/c1-7-11-12(10-17(6)8-2)18(9-3)15-13(11)14(19)16(4)5/h1H,8-10H2,2-6H3. The SMILES string of the molecule is C#Cc1c(C(=O)N(C)C)nn(CC)c1CN(C)CC. The highest BCUT2D eigenvalue weighted by Crippen LogP contribution is 2.16. The average molecular weight is 262 g/mol. The van der Waals surface area contributed by atoms with Gasteiger partial charge in [0, 0.05) is 27.2 Å². The molecule has 1 aromatic rings. The fourth-order valence-corrected chi connectivity index (χ4v) is 1.80. The molecule has 1 rings (SSSR count). The van der Waals surface area contributed by atoms with Crippen LogP contribution in [0.2, 0.25) is 0 Å². The zero-order valence-corrected chi connectivity index (χ0v) is 12.4. The fourth-order valence-electron chi connectivity index (χ4n) is 1.80. The number of nitrogens with zero attached hydrogens (tertiary/aromatic N) is 4. The number of carbonyl (C=O) groups is 1. The van der Waals surface area contributed by atoms with E-state index >= 15 is 0 Å². The first-order valence-corrected chi connectivity index (χ1v) is 6.42. The monoisotopic (exact) mass is 262 g/mol. The van der Waals surface area contributed by atoms with Gasteiger partial charge in [-0.15, -0.1) is 6.42 Å². The largest absolute Gasteiger partial charge is 0.343 e. The number of aromatic nitrogens is 2. The Kier molecular flexibility index (Phi) is 5.13. The molecular formula is C14H22N4O. The molecule has 0 aliphatic rings. The topological polar surface area (TPSA) is 41.4 Å². The van der Waals surface area contributed by atoms with Gasteiger partial charge >= 0.3 is 0 Å². The summed E-state index contributed by atoms with van der Waals surface area (Å²) >= 11 is 0. The number of hydrogen-bond donors (Lipinski definition) is 0. The Morgan fingerprint density at radius 2 is 2.00 bits per heavy atom. The molecule has 0 aromatic carbocycles. The van der Waals surface area contributed by atoms with E-state index in [4.69, 9.17) is 6.42 Å². The van der Waals surface area contributed by atoms with E-state index in [9.17, 15) is 4.79 Å². The predicted molar refractivity (Wildman–Crippen MR) is 75.9 cm³/mol. The van der Waals surface area contributed by atoms with Crippen LogP contribution in [0.5, 0.6) is 0 Å².